The van der Waals surface area contributed by atoms with Crippen LogP contribution >= 0.6 is 11.6 Å². The van der Waals surface area contributed by atoms with Crippen LogP contribution in [-0.2, 0) is 0 Å². The fourth-order valence-corrected chi connectivity index (χ4v) is 1.58. The number of halogens is 1. The van der Waals surface area contributed by atoms with E-state index in [1.807, 2.05) is 25.1 Å². The molecule has 4 heteroatoms. The lowest BCUT2D eigenvalue weighted by molar-refractivity contribution is 1.28. The summed E-state index contributed by atoms with van der Waals surface area (Å²) < 4.78 is 0. The molecule has 0 unspecified atom stereocenters. The fourth-order valence-electron chi connectivity index (χ4n) is 1.40. The highest BCUT2D eigenvalue weighted by Crippen LogP contribution is 2.23. The Morgan fingerprint density at radius 1 is 1.35 bits per heavy atom. The molecule has 3 nitrogen and oxygen atoms in total. The first-order valence-corrected chi connectivity index (χ1v) is 5.47. The second-order valence-electron chi connectivity index (χ2n) is 3.60. The van der Waals surface area contributed by atoms with E-state index in [2.05, 4.69) is 16.4 Å². The molecule has 84 valence electrons. The number of nitrogens with zero attached hydrogens (tertiary/aromatic N) is 2. The first-order valence-electron chi connectivity index (χ1n) is 5.09. The summed E-state index contributed by atoms with van der Waals surface area (Å²) in [6.45, 7) is 1.94. The molecule has 0 aliphatic rings. The van der Waals surface area contributed by atoms with Crippen LogP contribution in [0.1, 0.15) is 11.1 Å². The van der Waals surface area contributed by atoms with E-state index in [4.69, 9.17) is 16.9 Å². The molecule has 1 heterocycles. The summed E-state index contributed by atoms with van der Waals surface area (Å²) in [4.78, 5) is 4.12. The Balaban J connectivity index is 2.32. The predicted molar refractivity (Wildman–Crippen MR) is 68.4 cm³/mol. The lowest BCUT2D eigenvalue weighted by Gasteiger charge is -2.08. The Hall–Kier alpha value is -2.05. The molecule has 1 N–H and O–H groups in total. The molecule has 2 rings (SSSR count). The minimum atomic E-state index is 0.504. The molecule has 0 atom stereocenters. The number of hydrogen-bond donors (Lipinski definition) is 1. The number of anilines is 2. The van der Waals surface area contributed by atoms with Crippen molar-refractivity contribution in [3.63, 3.8) is 0 Å². The number of rotatable bonds is 2. The summed E-state index contributed by atoms with van der Waals surface area (Å²) in [7, 11) is 0. The maximum atomic E-state index is 8.94. The van der Waals surface area contributed by atoms with Gasteiger partial charge in [-0.05, 0) is 36.8 Å². The average Bonchev–Trinajstić information content (AvgIpc) is 2.34. The van der Waals surface area contributed by atoms with E-state index >= 15 is 0 Å². The van der Waals surface area contributed by atoms with Crippen LogP contribution in [0.3, 0.4) is 0 Å². The van der Waals surface area contributed by atoms with Gasteiger partial charge in [0, 0.05) is 16.9 Å². The zero-order valence-corrected chi connectivity index (χ0v) is 9.99. The van der Waals surface area contributed by atoms with Gasteiger partial charge in [0.1, 0.15) is 11.9 Å². The van der Waals surface area contributed by atoms with Crippen LogP contribution in [0.25, 0.3) is 0 Å². The number of nitriles is 1. The van der Waals surface area contributed by atoms with E-state index in [0.717, 1.165) is 11.3 Å². The summed E-state index contributed by atoms with van der Waals surface area (Å²) in [5.41, 5.74) is 2.33. The van der Waals surface area contributed by atoms with Crippen LogP contribution in [0.5, 0.6) is 0 Å². The number of benzene rings is 1. The molecule has 1 aromatic heterocycles. The number of hydrogen-bond acceptors (Lipinski definition) is 3. The SMILES string of the molecule is Cc1ccc(Nc2ncccc2C#N)cc1Cl. The summed E-state index contributed by atoms with van der Waals surface area (Å²) in [5, 5.41) is 12.7. The van der Waals surface area contributed by atoms with Crippen LogP contribution in [0, 0.1) is 18.3 Å². The highest BCUT2D eigenvalue weighted by atomic mass is 35.5. The third-order valence-corrected chi connectivity index (χ3v) is 2.77. The minimum absolute atomic E-state index is 0.504. The van der Waals surface area contributed by atoms with Gasteiger partial charge < -0.3 is 5.32 Å². The molecular formula is C13H10ClN3. The van der Waals surface area contributed by atoms with Crippen LogP contribution in [0.15, 0.2) is 36.5 Å². The van der Waals surface area contributed by atoms with Crippen LogP contribution in [-0.4, -0.2) is 4.98 Å². The largest absolute Gasteiger partial charge is 0.339 e. The Morgan fingerprint density at radius 3 is 2.88 bits per heavy atom. The smallest absolute Gasteiger partial charge is 0.148 e. The van der Waals surface area contributed by atoms with Gasteiger partial charge in [-0.25, -0.2) is 4.98 Å². The number of pyridine rings is 1. The lowest BCUT2D eigenvalue weighted by atomic mass is 10.2. The number of aromatic nitrogens is 1. The van der Waals surface area contributed by atoms with Gasteiger partial charge >= 0.3 is 0 Å². The van der Waals surface area contributed by atoms with Gasteiger partial charge in [0.25, 0.3) is 0 Å². The van der Waals surface area contributed by atoms with Crippen molar-refractivity contribution in [2.75, 3.05) is 5.32 Å². The molecule has 0 aliphatic carbocycles. The molecular weight excluding hydrogens is 234 g/mol. The number of aryl methyl sites for hydroxylation is 1. The van der Waals surface area contributed by atoms with Gasteiger partial charge in [-0.1, -0.05) is 17.7 Å². The van der Waals surface area contributed by atoms with Crippen molar-refractivity contribution < 1.29 is 0 Å². The molecule has 2 aromatic rings. The minimum Gasteiger partial charge on any atom is -0.339 e. The molecule has 1 aromatic carbocycles. The second kappa shape index (κ2) is 4.86. The zero-order chi connectivity index (χ0) is 12.3. The van der Waals surface area contributed by atoms with Gasteiger partial charge in [-0.15, -0.1) is 0 Å². The quantitative estimate of drug-likeness (QED) is 0.876. The number of nitrogens with one attached hydrogen (secondary N) is 1. The third-order valence-electron chi connectivity index (χ3n) is 2.36. The molecule has 0 fully saturated rings. The maximum absolute atomic E-state index is 8.94. The van der Waals surface area contributed by atoms with Crippen LogP contribution < -0.4 is 5.32 Å². The van der Waals surface area contributed by atoms with Gasteiger partial charge in [-0.2, -0.15) is 5.26 Å². The van der Waals surface area contributed by atoms with Crippen LogP contribution in [0.2, 0.25) is 5.02 Å². The van der Waals surface area contributed by atoms with E-state index in [1.165, 1.54) is 0 Å². The van der Waals surface area contributed by atoms with Gasteiger partial charge in [0.2, 0.25) is 0 Å². The van der Waals surface area contributed by atoms with Crippen molar-refractivity contribution in [1.29, 1.82) is 5.26 Å². The van der Waals surface area contributed by atoms with Crippen molar-refractivity contribution in [3.05, 3.63) is 52.7 Å². The topological polar surface area (TPSA) is 48.7 Å². The molecule has 0 spiro atoms. The first kappa shape index (κ1) is 11.4. The van der Waals surface area contributed by atoms with Crippen molar-refractivity contribution in [1.82, 2.24) is 4.98 Å². The third kappa shape index (κ3) is 2.55. The Kier molecular flexibility index (Phi) is 3.27. The molecule has 17 heavy (non-hydrogen) atoms. The van der Waals surface area contributed by atoms with Crippen molar-refractivity contribution in [2.45, 2.75) is 6.92 Å². The van der Waals surface area contributed by atoms with E-state index < -0.39 is 0 Å². The monoisotopic (exact) mass is 243 g/mol. The van der Waals surface area contributed by atoms with Crippen molar-refractivity contribution in [2.24, 2.45) is 0 Å². The Bertz CT molecular complexity index is 587. The van der Waals surface area contributed by atoms with Crippen molar-refractivity contribution in [3.8, 4) is 6.07 Å². The molecule has 0 radical (unpaired) electrons. The van der Waals surface area contributed by atoms with E-state index in [9.17, 15) is 0 Å². The summed E-state index contributed by atoms with van der Waals surface area (Å²) >= 11 is 6.03. The second-order valence-corrected chi connectivity index (χ2v) is 4.01. The Labute approximate surface area is 105 Å². The van der Waals surface area contributed by atoms with E-state index in [1.54, 1.807) is 18.3 Å². The molecule has 0 saturated carbocycles. The fraction of sp³-hybridized carbons (Fsp3) is 0.0769. The van der Waals surface area contributed by atoms with Gasteiger partial charge in [-0.3, -0.25) is 0 Å². The molecule has 0 saturated heterocycles. The average molecular weight is 244 g/mol. The maximum Gasteiger partial charge on any atom is 0.148 e. The van der Waals surface area contributed by atoms with E-state index in [-0.39, 0.29) is 0 Å². The van der Waals surface area contributed by atoms with Gasteiger partial charge in [0.05, 0.1) is 5.56 Å². The lowest BCUT2D eigenvalue weighted by Crippen LogP contribution is -1.96. The van der Waals surface area contributed by atoms with E-state index in [0.29, 0.717) is 16.4 Å². The van der Waals surface area contributed by atoms with Crippen molar-refractivity contribution >= 4 is 23.1 Å². The predicted octanol–water partition coefficient (Wildman–Crippen LogP) is 3.66. The summed E-state index contributed by atoms with van der Waals surface area (Å²) in [5.74, 6) is 0.537. The highest BCUT2D eigenvalue weighted by Gasteiger charge is 2.03. The van der Waals surface area contributed by atoms with Gasteiger partial charge in [0.15, 0.2) is 0 Å². The summed E-state index contributed by atoms with van der Waals surface area (Å²) in [6, 6.07) is 11.2. The standard InChI is InChI=1S/C13H10ClN3/c1-9-4-5-11(7-12(9)14)17-13-10(8-15)3-2-6-16-13/h2-7H,1H3,(H,16,17). The first-order chi connectivity index (χ1) is 8.20. The summed E-state index contributed by atoms with van der Waals surface area (Å²) in [6.07, 6.45) is 1.64. The zero-order valence-electron chi connectivity index (χ0n) is 9.24. The van der Waals surface area contributed by atoms with Crippen LogP contribution in [0.4, 0.5) is 11.5 Å². The molecule has 0 bridgehead atoms. The molecule has 0 aliphatic heterocycles. The molecule has 0 amide bonds. The highest BCUT2D eigenvalue weighted by molar-refractivity contribution is 6.31. The Morgan fingerprint density at radius 2 is 2.18 bits per heavy atom. The normalized spacial score (nSPS) is 9.71.